The van der Waals surface area contributed by atoms with Gasteiger partial charge in [-0.1, -0.05) is 45.0 Å². The van der Waals surface area contributed by atoms with Crippen LogP contribution >= 0.6 is 0 Å². The van der Waals surface area contributed by atoms with Crippen molar-refractivity contribution in [1.82, 2.24) is 5.32 Å². The fourth-order valence-corrected chi connectivity index (χ4v) is 2.51. The third-order valence-corrected chi connectivity index (χ3v) is 4.35. The maximum Gasteiger partial charge on any atom is 0.220 e. The van der Waals surface area contributed by atoms with Crippen molar-refractivity contribution in [1.29, 1.82) is 5.26 Å². The normalized spacial score (nSPS) is 12.1. The van der Waals surface area contributed by atoms with Crippen molar-refractivity contribution in [3.05, 3.63) is 65.5 Å². The zero-order valence-electron chi connectivity index (χ0n) is 16.0. The summed E-state index contributed by atoms with van der Waals surface area (Å²) in [6.07, 6.45) is 0.917. The molecule has 0 radical (unpaired) electrons. The summed E-state index contributed by atoms with van der Waals surface area (Å²) in [6, 6.07) is 15.2. The number of hydrogen-bond donors (Lipinski definition) is 1. The smallest absolute Gasteiger partial charge is 0.220 e. The van der Waals surface area contributed by atoms with E-state index in [0.717, 1.165) is 5.56 Å². The number of carbonyl (C=O) groups is 1. The molecule has 0 saturated heterocycles. The molecule has 5 heteroatoms. The van der Waals surface area contributed by atoms with Gasteiger partial charge in [0.1, 0.15) is 6.61 Å². The van der Waals surface area contributed by atoms with Gasteiger partial charge in [-0.25, -0.2) is 4.39 Å². The second kappa shape index (κ2) is 9.18. The van der Waals surface area contributed by atoms with Crippen LogP contribution in [-0.4, -0.2) is 18.6 Å². The minimum absolute atomic E-state index is 0.0866. The molecule has 0 fully saturated rings. The highest BCUT2D eigenvalue weighted by molar-refractivity contribution is 5.76. The summed E-state index contributed by atoms with van der Waals surface area (Å²) in [4.78, 5) is 12.4. The van der Waals surface area contributed by atoms with E-state index in [0.29, 0.717) is 18.4 Å². The van der Waals surface area contributed by atoms with Gasteiger partial charge >= 0.3 is 0 Å². The first-order chi connectivity index (χ1) is 12.8. The van der Waals surface area contributed by atoms with Crippen LogP contribution < -0.4 is 10.1 Å². The molecule has 0 aliphatic carbocycles. The number of halogens is 1. The molecular weight excluding hydrogens is 343 g/mol. The topological polar surface area (TPSA) is 62.1 Å². The van der Waals surface area contributed by atoms with Gasteiger partial charge in [-0.05, 0) is 41.7 Å². The fraction of sp³-hybridized carbons (Fsp3) is 0.364. The van der Waals surface area contributed by atoms with Crippen LogP contribution in [0.3, 0.4) is 0 Å². The minimum atomic E-state index is -0.419. The number of nitriles is 1. The molecule has 27 heavy (non-hydrogen) atoms. The monoisotopic (exact) mass is 368 g/mol. The van der Waals surface area contributed by atoms with Crippen LogP contribution in [0.25, 0.3) is 0 Å². The molecule has 1 atom stereocenters. The quantitative estimate of drug-likeness (QED) is 0.795. The van der Waals surface area contributed by atoms with E-state index in [1.807, 2.05) is 32.9 Å². The lowest BCUT2D eigenvalue weighted by Gasteiger charge is -2.31. The highest BCUT2D eigenvalue weighted by Gasteiger charge is 2.27. The molecule has 1 amide bonds. The zero-order valence-corrected chi connectivity index (χ0v) is 16.0. The van der Waals surface area contributed by atoms with Gasteiger partial charge < -0.3 is 10.1 Å². The van der Waals surface area contributed by atoms with Crippen molar-refractivity contribution in [2.45, 2.75) is 39.7 Å². The standard InChI is InChI=1S/C22H25FN2O2/c1-22(2,3)20(15-27-19-7-5-4-6-18(19)23)25-21(26)13-12-16-8-10-17(14-24)11-9-16/h4-11,20H,12-13,15H2,1-3H3,(H,25,26). The Labute approximate surface area is 160 Å². The first kappa shape index (κ1) is 20.4. The average molecular weight is 368 g/mol. The van der Waals surface area contributed by atoms with Crippen molar-refractivity contribution >= 4 is 5.91 Å². The molecule has 0 aromatic heterocycles. The average Bonchev–Trinajstić information content (AvgIpc) is 2.64. The summed E-state index contributed by atoms with van der Waals surface area (Å²) in [6.45, 7) is 6.20. The number of aryl methyl sites for hydroxylation is 1. The van der Waals surface area contributed by atoms with E-state index >= 15 is 0 Å². The lowest BCUT2D eigenvalue weighted by atomic mass is 9.87. The van der Waals surface area contributed by atoms with E-state index in [2.05, 4.69) is 11.4 Å². The van der Waals surface area contributed by atoms with E-state index in [1.165, 1.54) is 6.07 Å². The van der Waals surface area contributed by atoms with Gasteiger partial charge in [0.2, 0.25) is 5.91 Å². The Morgan fingerprint density at radius 1 is 1.19 bits per heavy atom. The van der Waals surface area contributed by atoms with E-state index in [1.54, 1.807) is 30.3 Å². The molecule has 0 spiro atoms. The van der Waals surface area contributed by atoms with Gasteiger partial charge in [-0.2, -0.15) is 5.26 Å². The van der Waals surface area contributed by atoms with Crippen LogP contribution in [0, 0.1) is 22.6 Å². The van der Waals surface area contributed by atoms with Gasteiger partial charge in [-0.15, -0.1) is 0 Å². The van der Waals surface area contributed by atoms with E-state index in [4.69, 9.17) is 10.00 Å². The largest absolute Gasteiger partial charge is 0.488 e. The van der Waals surface area contributed by atoms with Gasteiger partial charge in [0, 0.05) is 6.42 Å². The van der Waals surface area contributed by atoms with Crippen LogP contribution in [0.1, 0.15) is 38.3 Å². The molecule has 1 N–H and O–H groups in total. The molecule has 0 saturated carbocycles. The maximum absolute atomic E-state index is 13.7. The molecule has 4 nitrogen and oxygen atoms in total. The van der Waals surface area contributed by atoms with Crippen molar-refractivity contribution < 1.29 is 13.9 Å². The molecule has 142 valence electrons. The summed E-state index contributed by atoms with van der Waals surface area (Å²) in [5.41, 5.74) is 1.36. The molecular formula is C22H25FN2O2. The Balaban J connectivity index is 1.91. The summed E-state index contributed by atoms with van der Waals surface area (Å²) < 4.78 is 19.3. The first-order valence-electron chi connectivity index (χ1n) is 8.95. The van der Waals surface area contributed by atoms with Crippen LogP contribution in [0.15, 0.2) is 48.5 Å². The van der Waals surface area contributed by atoms with Crippen LogP contribution in [0.4, 0.5) is 4.39 Å². The SMILES string of the molecule is CC(C)(C)C(COc1ccccc1F)NC(=O)CCc1ccc(C#N)cc1. The lowest BCUT2D eigenvalue weighted by Crippen LogP contribution is -2.47. The summed E-state index contributed by atoms with van der Waals surface area (Å²) in [5, 5.41) is 11.8. The molecule has 0 heterocycles. The Kier molecular flexibility index (Phi) is 6.95. The zero-order chi connectivity index (χ0) is 19.9. The van der Waals surface area contributed by atoms with Gasteiger partial charge in [0.25, 0.3) is 0 Å². The van der Waals surface area contributed by atoms with Crippen molar-refractivity contribution in [2.75, 3.05) is 6.61 Å². The number of hydrogen-bond acceptors (Lipinski definition) is 3. The van der Waals surface area contributed by atoms with Gasteiger partial charge in [0.15, 0.2) is 11.6 Å². The Morgan fingerprint density at radius 3 is 2.44 bits per heavy atom. The second-order valence-electron chi connectivity index (χ2n) is 7.54. The summed E-state index contributed by atoms with van der Waals surface area (Å²) in [5.74, 6) is -0.327. The van der Waals surface area contributed by atoms with Crippen molar-refractivity contribution in [3.8, 4) is 11.8 Å². The molecule has 0 bridgehead atoms. The molecule has 1 unspecified atom stereocenters. The Hall–Kier alpha value is -2.87. The highest BCUT2D eigenvalue weighted by Crippen LogP contribution is 2.22. The number of nitrogens with zero attached hydrogens (tertiary/aromatic N) is 1. The number of carbonyl (C=O) groups excluding carboxylic acids is 1. The van der Waals surface area contributed by atoms with E-state index < -0.39 is 5.82 Å². The minimum Gasteiger partial charge on any atom is -0.488 e. The molecule has 2 rings (SSSR count). The first-order valence-corrected chi connectivity index (χ1v) is 8.95. The molecule has 0 aliphatic rings. The van der Waals surface area contributed by atoms with Crippen LogP contribution in [0.5, 0.6) is 5.75 Å². The Morgan fingerprint density at radius 2 is 1.85 bits per heavy atom. The number of para-hydroxylation sites is 1. The number of nitrogens with one attached hydrogen (secondary N) is 1. The third-order valence-electron chi connectivity index (χ3n) is 4.35. The molecule has 2 aromatic rings. The van der Waals surface area contributed by atoms with Crippen LogP contribution in [0.2, 0.25) is 0 Å². The number of benzene rings is 2. The highest BCUT2D eigenvalue weighted by atomic mass is 19.1. The van der Waals surface area contributed by atoms with Crippen molar-refractivity contribution in [3.63, 3.8) is 0 Å². The lowest BCUT2D eigenvalue weighted by molar-refractivity contribution is -0.122. The second-order valence-corrected chi connectivity index (χ2v) is 7.54. The summed E-state index contributed by atoms with van der Waals surface area (Å²) in [7, 11) is 0. The van der Waals surface area contributed by atoms with Gasteiger partial charge in [-0.3, -0.25) is 4.79 Å². The maximum atomic E-state index is 13.7. The molecule has 0 aliphatic heterocycles. The van der Waals surface area contributed by atoms with Crippen molar-refractivity contribution in [2.24, 2.45) is 5.41 Å². The molecule has 2 aromatic carbocycles. The fourth-order valence-electron chi connectivity index (χ4n) is 2.51. The van der Waals surface area contributed by atoms with E-state index in [9.17, 15) is 9.18 Å². The van der Waals surface area contributed by atoms with Gasteiger partial charge in [0.05, 0.1) is 17.7 Å². The predicted molar refractivity (Wildman–Crippen MR) is 103 cm³/mol. The van der Waals surface area contributed by atoms with E-state index in [-0.39, 0.29) is 29.7 Å². The number of ether oxygens (including phenoxy) is 1. The number of rotatable bonds is 7. The Bertz CT molecular complexity index is 804. The number of amides is 1. The third kappa shape index (κ3) is 6.41. The summed E-state index contributed by atoms with van der Waals surface area (Å²) >= 11 is 0. The van der Waals surface area contributed by atoms with Crippen LogP contribution in [-0.2, 0) is 11.2 Å². The predicted octanol–water partition coefficient (Wildman–Crippen LogP) is 4.24.